The summed E-state index contributed by atoms with van der Waals surface area (Å²) in [7, 11) is 3.38. The molecule has 6 nitrogen and oxygen atoms in total. The number of benzene rings is 1. The second-order valence-electron chi connectivity index (χ2n) is 6.71. The fourth-order valence-corrected chi connectivity index (χ4v) is 4.40. The fraction of sp³-hybridized carbons (Fsp3) is 0.400. The zero-order valence-corrected chi connectivity index (χ0v) is 16.8. The Labute approximate surface area is 163 Å². The molecule has 0 atom stereocenters. The van der Waals surface area contributed by atoms with Crippen molar-refractivity contribution in [3.05, 3.63) is 41.0 Å². The maximum atomic E-state index is 5.54. The number of ether oxygens (including phenoxy) is 2. The molecule has 0 spiro atoms. The van der Waals surface area contributed by atoms with Crippen molar-refractivity contribution in [2.45, 2.75) is 13.5 Å². The van der Waals surface area contributed by atoms with Crippen LogP contribution in [0.1, 0.15) is 10.4 Å². The summed E-state index contributed by atoms with van der Waals surface area (Å²) in [6.45, 7) is 6.89. The predicted molar refractivity (Wildman–Crippen MR) is 109 cm³/mol. The lowest BCUT2D eigenvalue weighted by Crippen LogP contribution is -2.46. The van der Waals surface area contributed by atoms with Crippen LogP contribution in [0, 0.1) is 6.92 Å². The number of hydrogen-bond acceptors (Lipinski definition) is 7. The van der Waals surface area contributed by atoms with E-state index in [0.29, 0.717) is 0 Å². The Bertz CT molecular complexity index is 935. The first kappa shape index (κ1) is 18.0. The summed E-state index contributed by atoms with van der Waals surface area (Å²) >= 11 is 1.73. The van der Waals surface area contributed by atoms with Gasteiger partial charge in [-0.05, 0) is 19.1 Å². The van der Waals surface area contributed by atoms with E-state index in [1.807, 2.05) is 12.1 Å². The Morgan fingerprint density at radius 3 is 2.59 bits per heavy atom. The maximum Gasteiger partial charge on any atom is 0.140 e. The van der Waals surface area contributed by atoms with E-state index in [1.165, 1.54) is 15.8 Å². The van der Waals surface area contributed by atoms with Gasteiger partial charge in [0.15, 0.2) is 0 Å². The largest absolute Gasteiger partial charge is 0.497 e. The third-order valence-electron chi connectivity index (χ3n) is 4.99. The monoisotopic (exact) mass is 384 g/mol. The summed E-state index contributed by atoms with van der Waals surface area (Å²) < 4.78 is 10.8. The van der Waals surface area contributed by atoms with Crippen LogP contribution in [-0.2, 0) is 6.54 Å². The molecule has 1 saturated heterocycles. The molecule has 2 aromatic heterocycles. The minimum atomic E-state index is 0.819. The smallest absolute Gasteiger partial charge is 0.140 e. The Hall–Kier alpha value is -2.38. The van der Waals surface area contributed by atoms with Crippen LogP contribution in [0.25, 0.3) is 10.2 Å². The van der Waals surface area contributed by atoms with Gasteiger partial charge >= 0.3 is 0 Å². The molecule has 7 heteroatoms. The molecule has 3 heterocycles. The van der Waals surface area contributed by atoms with E-state index >= 15 is 0 Å². The van der Waals surface area contributed by atoms with Gasteiger partial charge in [0.05, 0.1) is 19.6 Å². The molecule has 0 radical (unpaired) electrons. The molecule has 0 aliphatic carbocycles. The highest BCUT2D eigenvalue weighted by molar-refractivity contribution is 7.18. The van der Waals surface area contributed by atoms with Gasteiger partial charge in [0.2, 0.25) is 0 Å². The molecule has 0 N–H and O–H groups in total. The second kappa shape index (κ2) is 7.70. The van der Waals surface area contributed by atoms with Crippen molar-refractivity contribution in [1.82, 2.24) is 14.9 Å². The normalized spacial score (nSPS) is 15.3. The van der Waals surface area contributed by atoms with Gasteiger partial charge in [-0.1, -0.05) is 6.07 Å². The fourth-order valence-electron chi connectivity index (χ4n) is 3.56. The van der Waals surface area contributed by atoms with Crippen molar-refractivity contribution in [2.75, 3.05) is 45.3 Å². The highest BCUT2D eigenvalue weighted by atomic mass is 32.1. The van der Waals surface area contributed by atoms with Crippen LogP contribution in [0.4, 0.5) is 5.82 Å². The molecule has 1 fully saturated rings. The third kappa shape index (κ3) is 3.70. The number of aromatic nitrogens is 2. The number of anilines is 1. The Kier molecular flexibility index (Phi) is 5.13. The minimum absolute atomic E-state index is 0.819. The van der Waals surface area contributed by atoms with Crippen LogP contribution in [0.2, 0.25) is 0 Å². The summed E-state index contributed by atoms with van der Waals surface area (Å²) in [5, 5.41) is 1.17. The lowest BCUT2D eigenvalue weighted by atomic mass is 10.1. The highest BCUT2D eigenvalue weighted by Gasteiger charge is 2.21. The topological polar surface area (TPSA) is 50.7 Å². The van der Waals surface area contributed by atoms with Crippen LogP contribution >= 0.6 is 11.3 Å². The molecule has 142 valence electrons. The number of rotatable bonds is 5. The van der Waals surface area contributed by atoms with Gasteiger partial charge < -0.3 is 14.4 Å². The number of hydrogen-bond donors (Lipinski definition) is 0. The van der Waals surface area contributed by atoms with Gasteiger partial charge in [0, 0.05) is 49.2 Å². The van der Waals surface area contributed by atoms with Crippen molar-refractivity contribution in [3.8, 4) is 11.5 Å². The quantitative estimate of drug-likeness (QED) is 0.672. The Morgan fingerprint density at radius 2 is 1.85 bits per heavy atom. The predicted octanol–water partition coefficient (Wildman–Crippen LogP) is 3.34. The first-order valence-electron chi connectivity index (χ1n) is 9.07. The molecule has 1 aromatic carbocycles. The lowest BCUT2D eigenvalue weighted by Gasteiger charge is -2.35. The highest BCUT2D eigenvalue weighted by Crippen LogP contribution is 2.31. The van der Waals surface area contributed by atoms with Gasteiger partial charge in [0.1, 0.15) is 28.5 Å². The third-order valence-corrected chi connectivity index (χ3v) is 5.95. The summed E-state index contributed by atoms with van der Waals surface area (Å²) in [6, 6.07) is 8.23. The molecule has 0 unspecified atom stereocenters. The molecule has 4 rings (SSSR count). The minimum Gasteiger partial charge on any atom is -0.497 e. The number of fused-ring (bicyclic) bond motifs is 1. The van der Waals surface area contributed by atoms with E-state index in [2.05, 4.69) is 38.8 Å². The van der Waals surface area contributed by atoms with E-state index in [0.717, 1.165) is 54.9 Å². The number of aryl methyl sites for hydroxylation is 1. The SMILES string of the molecule is COc1ccc(CN2CCN(c3ncnc4sc(C)cc34)CC2)c(OC)c1. The van der Waals surface area contributed by atoms with Crippen LogP contribution < -0.4 is 14.4 Å². The summed E-state index contributed by atoms with van der Waals surface area (Å²) in [5.74, 6) is 2.76. The number of piperazine rings is 1. The summed E-state index contributed by atoms with van der Waals surface area (Å²) in [6.07, 6.45) is 1.68. The average Bonchev–Trinajstić information content (AvgIpc) is 3.09. The number of methoxy groups -OCH3 is 2. The molecular weight excluding hydrogens is 360 g/mol. The lowest BCUT2D eigenvalue weighted by molar-refractivity contribution is 0.245. The van der Waals surface area contributed by atoms with Gasteiger partial charge in [-0.2, -0.15) is 0 Å². The van der Waals surface area contributed by atoms with Crippen LogP contribution in [0.5, 0.6) is 11.5 Å². The van der Waals surface area contributed by atoms with Crippen LogP contribution in [-0.4, -0.2) is 55.3 Å². The number of nitrogens with zero attached hydrogens (tertiary/aromatic N) is 4. The van der Waals surface area contributed by atoms with Gasteiger partial charge in [0.25, 0.3) is 0 Å². The van der Waals surface area contributed by atoms with E-state index in [1.54, 1.807) is 31.9 Å². The van der Waals surface area contributed by atoms with Crippen molar-refractivity contribution in [2.24, 2.45) is 0 Å². The molecule has 0 amide bonds. The van der Waals surface area contributed by atoms with Crippen molar-refractivity contribution < 1.29 is 9.47 Å². The van der Waals surface area contributed by atoms with E-state index in [4.69, 9.17) is 9.47 Å². The molecule has 27 heavy (non-hydrogen) atoms. The summed E-state index contributed by atoms with van der Waals surface area (Å²) in [4.78, 5) is 16.2. The van der Waals surface area contributed by atoms with Gasteiger partial charge in [-0.25, -0.2) is 9.97 Å². The average molecular weight is 385 g/mol. The molecule has 1 aliphatic rings. The number of thiophene rings is 1. The van der Waals surface area contributed by atoms with Crippen LogP contribution in [0.15, 0.2) is 30.6 Å². The molecule has 0 bridgehead atoms. The standard InChI is InChI=1S/C20H24N4O2S/c1-14-10-17-19(21-13-22-20(17)27-14)24-8-6-23(7-9-24)12-15-4-5-16(25-2)11-18(15)26-3/h4-5,10-11,13H,6-9,12H2,1-3H3. The first-order chi connectivity index (χ1) is 13.2. The summed E-state index contributed by atoms with van der Waals surface area (Å²) in [5.41, 5.74) is 1.18. The molecule has 3 aromatic rings. The zero-order chi connectivity index (χ0) is 18.8. The zero-order valence-electron chi connectivity index (χ0n) is 15.9. The first-order valence-corrected chi connectivity index (χ1v) is 9.89. The van der Waals surface area contributed by atoms with E-state index in [-0.39, 0.29) is 0 Å². The van der Waals surface area contributed by atoms with Gasteiger partial charge in [-0.3, -0.25) is 4.90 Å². The van der Waals surface area contributed by atoms with E-state index in [9.17, 15) is 0 Å². The maximum absolute atomic E-state index is 5.54. The van der Waals surface area contributed by atoms with E-state index < -0.39 is 0 Å². The molecule has 0 saturated carbocycles. The van der Waals surface area contributed by atoms with Crippen molar-refractivity contribution >= 4 is 27.4 Å². The molecular formula is C20H24N4O2S. The van der Waals surface area contributed by atoms with Crippen molar-refractivity contribution in [1.29, 1.82) is 0 Å². The van der Waals surface area contributed by atoms with Crippen molar-refractivity contribution in [3.63, 3.8) is 0 Å². The second-order valence-corrected chi connectivity index (χ2v) is 7.95. The van der Waals surface area contributed by atoms with Crippen LogP contribution in [0.3, 0.4) is 0 Å². The Morgan fingerprint density at radius 1 is 1.04 bits per heavy atom. The van der Waals surface area contributed by atoms with Gasteiger partial charge in [-0.15, -0.1) is 11.3 Å². The molecule has 1 aliphatic heterocycles. The Balaban J connectivity index is 1.45.